The second kappa shape index (κ2) is 12.4. The first kappa shape index (κ1) is 20.7. The summed E-state index contributed by atoms with van der Waals surface area (Å²) >= 11 is 0. The second-order valence-electron chi connectivity index (χ2n) is 2.29. The number of carbonyl (C=O) groups is 2. The van der Waals surface area contributed by atoms with E-state index in [0.29, 0.717) is 0 Å². The van der Waals surface area contributed by atoms with Crippen LogP contribution < -0.4 is 10.2 Å². The molecule has 0 aromatic heterocycles. The van der Waals surface area contributed by atoms with Gasteiger partial charge in [-0.1, -0.05) is 10.3 Å². The van der Waals surface area contributed by atoms with Crippen LogP contribution in [0, 0.1) is 0 Å². The van der Waals surface area contributed by atoms with Crippen LogP contribution in [0.1, 0.15) is 13.8 Å². The zero-order valence-corrected chi connectivity index (χ0v) is 10.6. The number of hydrogen-bond donors (Lipinski definition) is 0. The molecule has 0 bridgehead atoms. The molecule has 0 saturated heterocycles. The summed E-state index contributed by atoms with van der Waals surface area (Å²) in [6.45, 7) is 2.58. The van der Waals surface area contributed by atoms with E-state index in [1.165, 1.54) is 28.1 Å². The molecule has 0 rings (SSSR count). The summed E-state index contributed by atoms with van der Waals surface area (Å²) in [5.74, 6) is -2.63. The van der Waals surface area contributed by atoms with Crippen LogP contribution in [0.25, 0.3) is 0 Å². The Balaban J connectivity index is -0.000000218. The van der Waals surface area contributed by atoms with Crippen LogP contribution in [0.3, 0.4) is 0 Å². The number of hydrogen-bond acceptors (Lipinski definition) is 8. The van der Waals surface area contributed by atoms with E-state index in [9.17, 15) is 19.8 Å². The summed E-state index contributed by atoms with van der Waals surface area (Å²) in [6, 6.07) is 0. The Kier molecular flexibility index (Phi) is 15.2. The number of aliphatic carboxylic acids is 2. The van der Waals surface area contributed by atoms with Gasteiger partial charge in [0.2, 0.25) is 0 Å². The standard InChI is InChI=1S/2C4H7NO3.Ni/c2*1-3(4(6)7)5-8-2;/h2*1-2H3,(H,6,7);/q;;+2/p-2. The van der Waals surface area contributed by atoms with Gasteiger partial charge in [-0.2, -0.15) is 0 Å². The third kappa shape index (κ3) is 14.4. The van der Waals surface area contributed by atoms with Crippen molar-refractivity contribution in [3.05, 3.63) is 0 Å². The molecule has 0 heterocycles. The predicted octanol–water partition coefficient (Wildman–Crippen LogP) is -2.49. The number of oxime groups is 2. The number of rotatable bonds is 4. The second-order valence-corrected chi connectivity index (χ2v) is 2.29. The van der Waals surface area contributed by atoms with E-state index in [-0.39, 0.29) is 27.9 Å². The van der Waals surface area contributed by atoms with E-state index in [1.54, 1.807) is 0 Å². The largest absolute Gasteiger partial charge is 2.00 e. The monoisotopic (exact) mass is 290 g/mol. The van der Waals surface area contributed by atoms with Crippen molar-refractivity contribution in [3.8, 4) is 0 Å². The SMILES string of the molecule is CON=C(C)C(=O)[O-].CON=C(C)C(=O)[O-].[Ni+2]. The van der Waals surface area contributed by atoms with Crippen molar-refractivity contribution in [1.29, 1.82) is 0 Å². The fourth-order valence-corrected chi connectivity index (χ4v) is 0.348. The van der Waals surface area contributed by atoms with Gasteiger partial charge in [0.15, 0.2) is 0 Å². The molecule has 0 atom stereocenters. The number of carbonyl (C=O) groups excluding carboxylic acids is 2. The first-order valence-corrected chi connectivity index (χ1v) is 3.95. The van der Waals surface area contributed by atoms with Gasteiger partial charge in [0.25, 0.3) is 0 Å². The first-order valence-electron chi connectivity index (χ1n) is 3.95. The Bertz CT molecular complexity index is 272. The van der Waals surface area contributed by atoms with Crippen LogP contribution in [0.2, 0.25) is 0 Å². The molecular weight excluding hydrogens is 279 g/mol. The van der Waals surface area contributed by atoms with Crippen molar-refractivity contribution in [2.24, 2.45) is 10.3 Å². The number of carboxylic acids is 2. The Morgan fingerprint density at radius 3 is 1.18 bits per heavy atom. The Morgan fingerprint density at radius 2 is 1.12 bits per heavy atom. The summed E-state index contributed by atoms with van der Waals surface area (Å²) in [6.07, 6.45) is 0. The van der Waals surface area contributed by atoms with Gasteiger partial charge in [-0.15, -0.1) is 0 Å². The van der Waals surface area contributed by atoms with E-state index >= 15 is 0 Å². The molecule has 0 amide bonds. The van der Waals surface area contributed by atoms with Crippen molar-refractivity contribution in [2.45, 2.75) is 13.8 Å². The molecule has 0 fully saturated rings. The topological polar surface area (TPSA) is 123 Å². The van der Waals surface area contributed by atoms with Gasteiger partial charge in [-0.25, -0.2) is 0 Å². The van der Waals surface area contributed by atoms with E-state index in [0.717, 1.165) is 0 Å². The zero-order chi connectivity index (χ0) is 13.1. The van der Waals surface area contributed by atoms with Crippen LogP contribution in [0.15, 0.2) is 10.3 Å². The van der Waals surface area contributed by atoms with Crippen molar-refractivity contribution in [2.75, 3.05) is 14.2 Å². The van der Waals surface area contributed by atoms with Gasteiger partial charge in [0.1, 0.15) is 14.2 Å². The molecule has 8 nitrogen and oxygen atoms in total. The van der Waals surface area contributed by atoms with Gasteiger partial charge in [-0.05, 0) is 13.8 Å². The molecule has 0 aliphatic rings. The summed E-state index contributed by atoms with van der Waals surface area (Å²) in [4.78, 5) is 27.8. The minimum absolute atomic E-state index is 0. The Labute approximate surface area is 108 Å². The Hall–Kier alpha value is -1.63. The molecule has 0 aromatic rings. The molecule has 0 radical (unpaired) electrons. The van der Waals surface area contributed by atoms with Crippen LogP contribution in [0.5, 0.6) is 0 Å². The third-order valence-corrected chi connectivity index (χ3v) is 1.05. The molecule has 0 spiro atoms. The minimum atomic E-state index is -1.31. The summed E-state index contributed by atoms with van der Waals surface area (Å²) in [7, 11) is 2.54. The van der Waals surface area contributed by atoms with Crippen molar-refractivity contribution in [1.82, 2.24) is 0 Å². The van der Waals surface area contributed by atoms with Crippen LogP contribution in [0.4, 0.5) is 0 Å². The fraction of sp³-hybridized carbons (Fsp3) is 0.500. The molecule has 0 N–H and O–H groups in total. The van der Waals surface area contributed by atoms with Gasteiger partial charge in [-0.3, -0.25) is 0 Å². The summed E-state index contributed by atoms with van der Waals surface area (Å²) in [5.41, 5.74) is -0.319. The maximum Gasteiger partial charge on any atom is 2.00 e. The van der Waals surface area contributed by atoms with Gasteiger partial charge < -0.3 is 29.5 Å². The quantitative estimate of drug-likeness (QED) is 0.321. The maximum atomic E-state index is 9.77. The van der Waals surface area contributed by atoms with Crippen LogP contribution in [-0.2, 0) is 35.8 Å². The van der Waals surface area contributed by atoms with E-state index in [2.05, 4.69) is 20.0 Å². The van der Waals surface area contributed by atoms with Crippen LogP contribution >= 0.6 is 0 Å². The number of nitrogens with zero attached hydrogens (tertiary/aromatic N) is 2. The fourth-order valence-electron chi connectivity index (χ4n) is 0.348. The van der Waals surface area contributed by atoms with Crippen molar-refractivity contribution in [3.63, 3.8) is 0 Å². The average Bonchev–Trinajstić information content (AvgIpc) is 2.19. The third-order valence-electron chi connectivity index (χ3n) is 1.05. The average molecular weight is 291 g/mol. The van der Waals surface area contributed by atoms with Gasteiger partial charge >= 0.3 is 16.5 Å². The zero-order valence-electron chi connectivity index (χ0n) is 9.66. The molecule has 100 valence electrons. The number of carboxylic acid groups (broad SMARTS) is 2. The maximum absolute atomic E-state index is 9.77. The molecule has 0 aliphatic carbocycles. The van der Waals surface area contributed by atoms with Crippen molar-refractivity contribution < 1.29 is 46.0 Å². The molecule has 0 unspecified atom stereocenters. The van der Waals surface area contributed by atoms with Gasteiger partial charge in [0, 0.05) is 0 Å². The summed E-state index contributed by atoms with van der Waals surface area (Å²) in [5, 5.41) is 25.7. The normalized spacial score (nSPS) is 10.4. The molecular formula is C8H12N2NiO6. The van der Waals surface area contributed by atoms with E-state index in [1.807, 2.05) is 0 Å². The Morgan fingerprint density at radius 1 is 0.882 bits per heavy atom. The van der Waals surface area contributed by atoms with Crippen LogP contribution in [-0.4, -0.2) is 37.6 Å². The molecule has 0 saturated carbocycles. The minimum Gasteiger partial charge on any atom is -0.543 e. The molecule has 0 aromatic carbocycles. The molecule has 0 aliphatic heterocycles. The van der Waals surface area contributed by atoms with Gasteiger partial charge in [0.05, 0.1) is 23.4 Å². The smallest absolute Gasteiger partial charge is 0.543 e. The molecule has 9 heteroatoms. The van der Waals surface area contributed by atoms with E-state index in [4.69, 9.17) is 0 Å². The summed E-state index contributed by atoms with van der Waals surface area (Å²) < 4.78 is 0. The molecule has 17 heavy (non-hydrogen) atoms. The predicted molar refractivity (Wildman–Crippen MR) is 50.3 cm³/mol. The van der Waals surface area contributed by atoms with Crippen molar-refractivity contribution >= 4 is 23.4 Å². The van der Waals surface area contributed by atoms with E-state index < -0.39 is 11.9 Å². The first-order chi connectivity index (χ1) is 7.36.